The molecule has 0 saturated carbocycles. The molecule has 0 spiro atoms. The second-order valence-electron chi connectivity index (χ2n) is 3.70. The Morgan fingerprint density at radius 3 is 2.86 bits per heavy atom. The van der Waals surface area contributed by atoms with E-state index >= 15 is 0 Å². The lowest BCUT2D eigenvalue weighted by molar-refractivity contribution is -0.159. The maximum Gasteiger partial charge on any atom is 0.340 e. The van der Waals surface area contributed by atoms with Crippen molar-refractivity contribution in [2.24, 2.45) is 7.05 Å². The Morgan fingerprint density at radius 2 is 2.29 bits per heavy atom. The number of aliphatic hydroxyl groups is 1. The average molecular weight is 196 g/mol. The van der Waals surface area contributed by atoms with E-state index in [1.165, 1.54) is 0 Å². The van der Waals surface area contributed by atoms with Crippen molar-refractivity contribution < 1.29 is 15.0 Å². The number of carboxylic acid groups (broad SMARTS) is 1. The summed E-state index contributed by atoms with van der Waals surface area (Å²) in [5.41, 5.74) is 0.179. The molecule has 5 heteroatoms. The molecule has 0 saturated heterocycles. The zero-order valence-electron chi connectivity index (χ0n) is 8.11. The quantitative estimate of drug-likeness (QED) is 0.660. The largest absolute Gasteiger partial charge is 0.479 e. The number of aryl methyl sites for hydroxylation is 2. The van der Waals surface area contributed by atoms with Gasteiger partial charge in [0.1, 0.15) is 0 Å². The minimum absolute atomic E-state index is 0.224. The lowest BCUT2D eigenvalue weighted by Gasteiger charge is -2.17. The summed E-state index contributed by atoms with van der Waals surface area (Å²) >= 11 is 0. The molecule has 5 nitrogen and oxygen atoms in total. The van der Waals surface area contributed by atoms with Gasteiger partial charge in [-0.25, -0.2) is 4.79 Å². The maximum atomic E-state index is 11.0. The lowest BCUT2D eigenvalue weighted by atomic mass is 9.96. The predicted octanol–water partition coefficient (Wildman–Crippen LogP) is -0.0531. The highest BCUT2D eigenvalue weighted by Crippen LogP contribution is 2.38. The molecule has 1 aromatic rings. The molecule has 1 heterocycles. The van der Waals surface area contributed by atoms with Gasteiger partial charge in [-0.3, -0.25) is 4.68 Å². The first kappa shape index (κ1) is 9.21. The van der Waals surface area contributed by atoms with Gasteiger partial charge in [0, 0.05) is 18.3 Å². The number of nitrogens with zero attached hydrogens (tertiary/aromatic N) is 2. The van der Waals surface area contributed by atoms with Crippen LogP contribution in [0.1, 0.15) is 23.4 Å². The van der Waals surface area contributed by atoms with E-state index in [-0.39, 0.29) is 6.42 Å². The zero-order chi connectivity index (χ0) is 10.5. The summed E-state index contributed by atoms with van der Waals surface area (Å²) in [6.07, 6.45) is 0.751. The van der Waals surface area contributed by atoms with Crippen LogP contribution in [0.25, 0.3) is 0 Å². The van der Waals surface area contributed by atoms with Crippen LogP contribution in [0.3, 0.4) is 0 Å². The van der Waals surface area contributed by atoms with Crippen molar-refractivity contribution in [1.29, 1.82) is 0 Å². The highest BCUT2D eigenvalue weighted by Gasteiger charge is 2.47. The van der Waals surface area contributed by atoms with Gasteiger partial charge in [-0.15, -0.1) is 0 Å². The van der Waals surface area contributed by atoms with Crippen LogP contribution in [-0.4, -0.2) is 26.0 Å². The number of aliphatic carboxylic acids is 1. The third-order valence-corrected chi connectivity index (χ3v) is 2.90. The topological polar surface area (TPSA) is 75.3 Å². The maximum absolute atomic E-state index is 11.0. The molecule has 0 radical (unpaired) electrons. The number of carboxylic acids is 1. The van der Waals surface area contributed by atoms with E-state index in [0.717, 1.165) is 5.69 Å². The summed E-state index contributed by atoms with van der Waals surface area (Å²) in [6, 6.07) is 0. The predicted molar refractivity (Wildman–Crippen MR) is 47.8 cm³/mol. The van der Waals surface area contributed by atoms with Gasteiger partial charge in [0.25, 0.3) is 0 Å². The van der Waals surface area contributed by atoms with Crippen molar-refractivity contribution in [1.82, 2.24) is 9.78 Å². The second-order valence-corrected chi connectivity index (χ2v) is 3.70. The molecule has 1 unspecified atom stereocenters. The molecule has 0 fully saturated rings. The number of rotatable bonds is 1. The van der Waals surface area contributed by atoms with Gasteiger partial charge < -0.3 is 10.2 Å². The molecular weight excluding hydrogens is 184 g/mol. The number of hydrogen-bond acceptors (Lipinski definition) is 3. The van der Waals surface area contributed by atoms with Crippen LogP contribution in [-0.2, 0) is 23.9 Å². The van der Waals surface area contributed by atoms with Crippen LogP contribution in [0.4, 0.5) is 0 Å². The van der Waals surface area contributed by atoms with Crippen molar-refractivity contribution in [3.8, 4) is 0 Å². The highest BCUT2D eigenvalue weighted by molar-refractivity contribution is 5.81. The SMILES string of the molecule is Cc1c2c(nn1C)CCC2(O)C(=O)O. The van der Waals surface area contributed by atoms with E-state index in [1.54, 1.807) is 18.7 Å². The van der Waals surface area contributed by atoms with E-state index in [4.69, 9.17) is 5.11 Å². The van der Waals surface area contributed by atoms with Crippen molar-refractivity contribution >= 4 is 5.97 Å². The van der Waals surface area contributed by atoms with Crippen molar-refractivity contribution in [3.63, 3.8) is 0 Å². The van der Waals surface area contributed by atoms with Gasteiger partial charge in [0.05, 0.1) is 5.69 Å². The molecule has 2 rings (SSSR count). The van der Waals surface area contributed by atoms with E-state index in [9.17, 15) is 9.90 Å². The van der Waals surface area contributed by atoms with Gasteiger partial charge in [-0.2, -0.15) is 5.10 Å². The fourth-order valence-electron chi connectivity index (χ4n) is 2.03. The lowest BCUT2D eigenvalue weighted by Crippen LogP contribution is -2.33. The monoisotopic (exact) mass is 196 g/mol. The molecule has 0 amide bonds. The fraction of sp³-hybridized carbons (Fsp3) is 0.556. The average Bonchev–Trinajstić information content (AvgIpc) is 2.56. The standard InChI is InChI=1S/C9H12N2O3/c1-5-7-6(10-11(5)2)3-4-9(7,14)8(12)13/h14H,3-4H2,1-2H3,(H,12,13). The van der Waals surface area contributed by atoms with Crippen LogP contribution in [0, 0.1) is 6.92 Å². The van der Waals surface area contributed by atoms with Crippen molar-refractivity contribution in [3.05, 3.63) is 17.0 Å². The minimum Gasteiger partial charge on any atom is -0.479 e. The Morgan fingerprint density at radius 1 is 1.64 bits per heavy atom. The van der Waals surface area contributed by atoms with Gasteiger partial charge in [-0.1, -0.05) is 0 Å². The number of carbonyl (C=O) groups is 1. The molecule has 1 atom stereocenters. The molecule has 1 aromatic heterocycles. The van der Waals surface area contributed by atoms with Crippen LogP contribution >= 0.6 is 0 Å². The summed E-state index contributed by atoms with van der Waals surface area (Å²) in [7, 11) is 1.75. The summed E-state index contributed by atoms with van der Waals surface area (Å²) in [5.74, 6) is -1.19. The molecule has 1 aliphatic carbocycles. The zero-order valence-corrected chi connectivity index (χ0v) is 8.11. The highest BCUT2D eigenvalue weighted by atomic mass is 16.4. The molecule has 0 aliphatic heterocycles. The molecule has 0 aromatic carbocycles. The van der Waals surface area contributed by atoms with E-state index < -0.39 is 11.6 Å². The van der Waals surface area contributed by atoms with Gasteiger partial charge >= 0.3 is 5.97 Å². The Balaban J connectivity index is 2.63. The summed E-state index contributed by atoms with van der Waals surface area (Å²) in [6.45, 7) is 1.77. The van der Waals surface area contributed by atoms with Crippen LogP contribution in [0.15, 0.2) is 0 Å². The molecular formula is C9H12N2O3. The third kappa shape index (κ3) is 0.928. The Kier molecular flexibility index (Phi) is 1.69. The van der Waals surface area contributed by atoms with E-state index in [1.807, 2.05) is 0 Å². The van der Waals surface area contributed by atoms with Crippen LogP contribution in [0.2, 0.25) is 0 Å². The Bertz CT molecular complexity index is 410. The molecule has 14 heavy (non-hydrogen) atoms. The summed E-state index contributed by atoms with van der Waals surface area (Å²) in [4.78, 5) is 11.0. The first-order valence-corrected chi connectivity index (χ1v) is 4.45. The van der Waals surface area contributed by atoms with Crippen LogP contribution in [0.5, 0.6) is 0 Å². The normalized spacial score (nSPS) is 25.1. The minimum atomic E-state index is -1.73. The summed E-state index contributed by atoms with van der Waals surface area (Å²) < 4.78 is 1.61. The van der Waals surface area contributed by atoms with Crippen molar-refractivity contribution in [2.75, 3.05) is 0 Å². The number of hydrogen-bond donors (Lipinski definition) is 2. The Labute approximate surface area is 81.0 Å². The van der Waals surface area contributed by atoms with E-state index in [2.05, 4.69) is 5.10 Å². The number of fused-ring (bicyclic) bond motifs is 1. The van der Waals surface area contributed by atoms with Gasteiger partial charge in [-0.05, 0) is 19.8 Å². The smallest absolute Gasteiger partial charge is 0.340 e. The third-order valence-electron chi connectivity index (χ3n) is 2.90. The van der Waals surface area contributed by atoms with Gasteiger partial charge in [0.15, 0.2) is 5.60 Å². The van der Waals surface area contributed by atoms with Crippen LogP contribution < -0.4 is 0 Å². The fourth-order valence-corrected chi connectivity index (χ4v) is 2.03. The molecule has 2 N–H and O–H groups in total. The Hall–Kier alpha value is -1.36. The van der Waals surface area contributed by atoms with Gasteiger partial charge in [0.2, 0.25) is 0 Å². The van der Waals surface area contributed by atoms with Crippen molar-refractivity contribution in [2.45, 2.75) is 25.4 Å². The van der Waals surface area contributed by atoms with E-state index in [0.29, 0.717) is 17.7 Å². The number of aromatic nitrogens is 2. The molecule has 0 bridgehead atoms. The first-order valence-electron chi connectivity index (χ1n) is 4.45. The summed E-state index contributed by atoms with van der Waals surface area (Å²) in [5, 5.41) is 23.1. The first-order chi connectivity index (χ1) is 6.47. The molecule has 1 aliphatic rings. The molecule has 76 valence electrons. The second kappa shape index (κ2) is 2.57.